The van der Waals surface area contributed by atoms with Gasteiger partial charge in [0.25, 0.3) is 10.0 Å². The van der Waals surface area contributed by atoms with Crippen molar-refractivity contribution in [1.29, 1.82) is 0 Å². The molecular weight excluding hydrogens is 555 g/mol. The average molecular weight is 596 g/mol. The number of nitrogens with one attached hydrogen (secondary N) is 1. The molecule has 0 aliphatic heterocycles. The monoisotopic (exact) mass is 595 g/mol. The molecule has 7 nitrogen and oxygen atoms in total. The molecule has 1 N–H and O–H groups in total. The van der Waals surface area contributed by atoms with Crippen molar-refractivity contribution in [2.75, 3.05) is 17.1 Å². The van der Waals surface area contributed by atoms with Gasteiger partial charge in [-0.05, 0) is 81.8 Å². The molecule has 0 fully saturated rings. The third-order valence-electron chi connectivity index (χ3n) is 7.11. The van der Waals surface area contributed by atoms with Crippen LogP contribution in [0.1, 0.15) is 50.3 Å². The number of carbonyl (C=O) groups is 2. The summed E-state index contributed by atoms with van der Waals surface area (Å²) < 4.78 is 29.1. The van der Waals surface area contributed by atoms with Gasteiger partial charge in [-0.2, -0.15) is 0 Å². The molecule has 41 heavy (non-hydrogen) atoms. The Labute approximate surface area is 249 Å². The lowest BCUT2D eigenvalue weighted by Crippen LogP contribution is -2.53. The van der Waals surface area contributed by atoms with E-state index in [-0.39, 0.29) is 23.4 Å². The molecule has 0 bridgehead atoms. The van der Waals surface area contributed by atoms with Gasteiger partial charge >= 0.3 is 0 Å². The molecule has 0 heterocycles. The summed E-state index contributed by atoms with van der Waals surface area (Å²) in [5, 5.41) is 3.00. The molecule has 2 atom stereocenters. The molecule has 3 aromatic rings. The van der Waals surface area contributed by atoms with Gasteiger partial charge in [0.15, 0.2) is 0 Å². The molecule has 0 radical (unpaired) electrons. The molecule has 0 saturated heterocycles. The van der Waals surface area contributed by atoms with Crippen molar-refractivity contribution in [1.82, 2.24) is 10.2 Å². The fraction of sp³-hybridized carbons (Fsp3) is 0.375. The van der Waals surface area contributed by atoms with E-state index in [9.17, 15) is 18.0 Å². The number of hydrogen-bond acceptors (Lipinski definition) is 5. The summed E-state index contributed by atoms with van der Waals surface area (Å²) in [7, 11) is -4.10. The van der Waals surface area contributed by atoms with Crippen LogP contribution in [0.5, 0.6) is 0 Å². The maximum absolute atomic E-state index is 14.1. The van der Waals surface area contributed by atoms with Gasteiger partial charge in [-0.25, -0.2) is 8.42 Å². The Bertz CT molecular complexity index is 1410. The van der Waals surface area contributed by atoms with Crippen molar-refractivity contribution in [3.05, 3.63) is 89.5 Å². The van der Waals surface area contributed by atoms with Crippen molar-refractivity contribution >= 4 is 39.3 Å². The van der Waals surface area contributed by atoms with E-state index < -0.39 is 28.5 Å². The van der Waals surface area contributed by atoms with E-state index in [0.29, 0.717) is 12.1 Å². The highest BCUT2D eigenvalue weighted by molar-refractivity contribution is 7.98. The van der Waals surface area contributed by atoms with Crippen LogP contribution in [0.15, 0.2) is 82.6 Å². The van der Waals surface area contributed by atoms with E-state index in [1.165, 1.54) is 16.7 Å². The second kappa shape index (κ2) is 14.5. The number of rotatable bonds is 13. The van der Waals surface area contributed by atoms with Crippen LogP contribution >= 0.6 is 11.8 Å². The molecule has 220 valence electrons. The number of benzene rings is 3. The maximum atomic E-state index is 14.1. The fourth-order valence-corrected chi connectivity index (χ4v) is 6.19. The van der Waals surface area contributed by atoms with Gasteiger partial charge in [0.1, 0.15) is 12.6 Å². The summed E-state index contributed by atoms with van der Waals surface area (Å²) in [5.74, 6) is -0.707. The minimum atomic E-state index is -4.10. The number of anilines is 1. The lowest BCUT2D eigenvalue weighted by atomic mass is 10.1. The van der Waals surface area contributed by atoms with Gasteiger partial charge in [-0.3, -0.25) is 13.9 Å². The van der Waals surface area contributed by atoms with E-state index in [1.807, 2.05) is 77.3 Å². The van der Waals surface area contributed by atoms with Crippen LogP contribution in [0.2, 0.25) is 0 Å². The zero-order chi connectivity index (χ0) is 30.2. The lowest BCUT2D eigenvalue weighted by Gasteiger charge is -2.33. The van der Waals surface area contributed by atoms with Gasteiger partial charge < -0.3 is 10.2 Å². The first kappa shape index (κ1) is 32.2. The Balaban J connectivity index is 2.05. The van der Waals surface area contributed by atoms with E-state index in [2.05, 4.69) is 5.32 Å². The number of nitrogens with zero attached hydrogens (tertiary/aromatic N) is 2. The number of hydrogen-bond donors (Lipinski definition) is 1. The highest BCUT2D eigenvalue weighted by Crippen LogP contribution is 2.27. The number of carbonyl (C=O) groups excluding carboxylic acids is 2. The highest BCUT2D eigenvalue weighted by atomic mass is 32.2. The summed E-state index contributed by atoms with van der Waals surface area (Å²) in [5.41, 5.74) is 3.29. The molecule has 0 aliphatic rings. The molecule has 0 aromatic heterocycles. The largest absolute Gasteiger partial charge is 0.352 e. The van der Waals surface area contributed by atoms with Crippen molar-refractivity contribution in [2.45, 2.75) is 75.9 Å². The predicted molar refractivity (Wildman–Crippen MR) is 168 cm³/mol. The average Bonchev–Trinajstić information content (AvgIpc) is 2.97. The number of amides is 2. The first-order valence-corrected chi connectivity index (χ1v) is 16.5. The van der Waals surface area contributed by atoms with Crippen LogP contribution < -0.4 is 9.62 Å². The van der Waals surface area contributed by atoms with E-state index in [0.717, 1.165) is 32.3 Å². The number of thioether (sulfide) groups is 1. The topological polar surface area (TPSA) is 86.8 Å². The Hall–Kier alpha value is -3.30. The molecule has 2 amide bonds. The zero-order valence-electron chi connectivity index (χ0n) is 24.8. The van der Waals surface area contributed by atoms with Gasteiger partial charge in [0, 0.05) is 17.5 Å². The van der Waals surface area contributed by atoms with E-state index in [4.69, 9.17) is 0 Å². The summed E-state index contributed by atoms with van der Waals surface area (Å²) in [4.78, 5) is 30.0. The van der Waals surface area contributed by atoms with Crippen LogP contribution in [0, 0.1) is 13.8 Å². The Kier molecular flexibility index (Phi) is 11.4. The molecule has 0 aliphatic carbocycles. The molecule has 3 aromatic carbocycles. The smallest absolute Gasteiger partial charge is 0.264 e. The third kappa shape index (κ3) is 8.36. The van der Waals surface area contributed by atoms with Gasteiger partial charge in [-0.1, -0.05) is 61.4 Å². The summed E-state index contributed by atoms with van der Waals surface area (Å²) >= 11 is 1.52. The second-order valence-corrected chi connectivity index (χ2v) is 13.0. The Morgan fingerprint density at radius 3 is 1.93 bits per heavy atom. The van der Waals surface area contributed by atoms with E-state index >= 15 is 0 Å². The van der Waals surface area contributed by atoms with Crippen LogP contribution in [0.4, 0.5) is 5.69 Å². The first-order valence-electron chi connectivity index (χ1n) is 13.9. The number of aryl methyl sites for hydroxylation is 2. The molecular formula is C32H41N3O4S2. The molecule has 0 saturated carbocycles. The summed E-state index contributed by atoms with van der Waals surface area (Å²) in [6.45, 7) is 9.39. The quantitative estimate of drug-likeness (QED) is 0.247. The maximum Gasteiger partial charge on any atom is 0.264 e. The molecule has 9 heteroatoms. The Morgan fingerprint density at radius 1 is 0.854 bits per heavy atom. The van der Waals surface area contributed by atoms with Gasteiger partial charge in [-0.15, -0.1) is 11.8 Å². The highest BCUT2D eigenvalue weighted by Gasteiger charge is 2.34. The van der Waals surface area contributed by atoms with Crippen LogP contribution in [0.25, 0.3) is 0 Å². The SMILES string of the molecule is CCC(C)NC(=O)C(CC)N(Cc1ccc(C)cc1)C(=O)CN(c1ccc(C)cc1)S(=O)(=O)c1ccc(SC)cc1. The minimum absolute atomic E-state index is 0.0541. The Morgan fingerprint density at radius 2 is 1.41 bits per heavy atom. The third-order valence-corrected chi connectivity index (χ3v) is 9.64. The standard InChI is InChI=1S/C32H41N3O4S2/c1-7-25(5)33-32(37)30(8-2)34(21-26-13-9-23(3)10-14-26)31(36)22-35(27-15-11-24(4)12-16-27)41(38,39)29-19-17-28(40-6)18-20-29/h9-20,25,30H,7-8,21-22H2,1-6H3,(H,33,37). The summed E-state index contributed by atoms with van der Waals surface area (Å²) in [6, 6.07) is 20.6. The zero-order valence-corrected chi connectivity index (χ0v) is 26.4. The predicted octanol–water partition coefficient (Wildman–Crippen LogP) is 5.94. The molecule has 0 spiro atoms. The van der Waals surface area contributed by atoms with Gasteiger partial charge in [0.2, 0.25) is 11.8 Å². The fourth-order valence-electron chi connectivity index (χ4n) is 4.37. The van der Waals surface area contributed by atoms with Crippen LogP contribution in [-0.2, 0) is 26.2 Å². The molecule has 2 unspecified atom stereocenters. The lowest BCUT2D eigenvalue weighted by molar-refractivity contribution is -0.140. The van der Waals surface area contributed by atoms with Crippen molar-refractivity contribution in [3.63, 3.8) is 0 Å². The first-order chi connectivity index (χ1) is 19.5. The van der Waals surface area contributed by atoms with Crippen molar-refractivity contribution < 1.29 is 18.0 Å². The molecule has 3 rings (SSSR count). The number of sulfonamides is 1. The second-order valence-electron chi connectivity index (χ2n) is 10.3. The van der Waals surface area contributed by atoms with Crippen LogP contribution in [-0.4, -0.2) is 50.0 Å². The van der Waals surface area contributed by atoms with Crippen LogP contribution in [0.3, 0.4) is 0 Å². The van der Waals surface area contributed by atoms with Crippen molar-refractivity contribution in [3.8, 4) is 0 Å². The van der Waals surface area contributed by atoms with E-state index in [1.54, 1.807) is 36.4 Å². The van der Waals surface area contributed by atoms with Crippen molar-refractivity contribution in [2.24, 2.45) is 0 Å². The summed E-state index contributed by atoms with van der Waals surface area (Å²) in [6.07, 6.45) is 3.06. The van der Waals surface area contributed by atoms with Gasteiger partial charge in [0.05, 0.1) is 10.6 Å². The minimum Gasteiger partial charge on any atom is -0.352 e. The normalized spacial score (nSPS) is 12.8.